The zero-order chi connectivity index (χ0) is 40.6. The normalized spacial score (nSPS) is 13.4. The van der Waals surface area contributed by atoms with Crippen molar-refractivity contribution in [3.8, 4) is 0 Å². The van der Waals surface area contributed by atoms with Gasteiger partial charge < -0.3 is 31.5 Å². The molecule has 0 bridgehead atoms. The van der Waals surface area contributed by atoms with Crippen molar-refractivity contribution in [1.29, 1.82) is 0 Å². The molecule has 54 heavy (non-hydrogen) atoms. The van der Waals surface area contributed by atoms with Gasteiger partial charge in [-0.25, -0.2) is 12.8 Å². The summed E-state index contributed by atoms with van der Waals surface area (Å²) in [4.78, 5) is 36.8. The number of halogens is 1. The Morgan fingerprint density at radius 2 is 1.52 bits per heavy atom. The average molecular weight is 772 g/mol. The predicted molar refractivity (Wildman–Crippen MR) is 209 cm³/mol. The van der Waals surface area contributed by atoms with E-state index in [1.54, 1.807) is 24.3 Å². The average Bonchev–Trinajstić information content (AvgIpc) is 3.06. The zero-order valence-corrected chi connectivity index (χ0v) is 33.5. The Kier molecular flexibility index (Phi) is 18.2. The molecule has 0 aliphatic heterocycles. The molecule has 0 saturated carbocycles. The number of carbonyl (C=O) groups excluding carboxylic acids is 3. The summed E-state index contributed by atoms with van der Waals surface area (Å²) in [5.41, 5.74) is 6.95. The van der Waals surface area contributed by atoms with E-state index < -0.39 is 45.4 Å². The van der Waals surface area contributed by atoms with Crippen LogP contribution in [0.15, 0.2) is 83.8 Å². The Balaban J connectivity index is 0.00000131. The van der Waals surface area contributed by atoms with Crippen LogP contribution in [0, 0.1) is 17.2 Å². The van der Waals surface area contributed by atoms with Gasteiger partial charge in [-0.2, -0.15) is 4.31 Å². The van der Waals surface area contributed by atoms with E-state index in [0.29, 0.717) is 11.3 Å². The second-order valence-corrected chi connectivity index (χ2v) is 16.9. The zero-order valence-electron chi connectivity index (χ0n) is 32.6. The predicted octanol–water partition coefficient (Wildman–Crippen LogP) is 4.42. The number of aliphatic hydroxyl groups excluding tert-OH is 1. The largest absolute Gasteiger partial charge is 0.463 e. The number of hydrogen-bond donors (Lipinski definition) is 5. The number of amides is 2. The summed E-state index contributed by atoms with van der Waals surface area (Å²) in [6.07, 6.45) is -1.07. The van der Waals surface area contributed by atoms with Crippen molar-refractivity contribution in [2.45, 2.75) is 97.5 Å². The number of nitrogens with two attached hydrogens (primary N) is 1. The third-order valence-electron chi connectivity index (χ3n) is 7.88. The summed E-state index contributed by atoms with van der Waals surface area (Å²) in [5.74, 6) is -1.61. The Hall–Kier alpha value is -4.37. The second-order valence-electron chi connectivity index (χ2n) is 14.9. The van der Waals surface area contributed by atoms with Crippen LogP contribution in [0.5, 0.6) is 0 Å². The minimum Gasteiger partial charge on any atom is -0.463 e. The van der Waals surface area contributed by atoms with Gasteiger partial charge in [-0.3, -0.25) is 14.4 Å². The van der Waals surface area contributed by atoms with E-state index in [2.05, 4.69) is 20.7 Å². The first-order chi connectivity index (χ1) is 25.2. The standard InChI is InChI=1S/C35H48FN5O5S.C5H10O2/c1-24(2)22-41(47(45,46)29-16-10-15-28(37)19-29)23-31(42)30(18-25-11-7-6-8-12-25)39-34(44)33(35(3,4)5)40-32(43)21-38-20-26-13-9-14-27(36)17-26;1-4(2)7-5(3)6/h6-17,19,24,30-31,33,38,42H,18,20-23,37H2,1-5H3,(H,39,44)(H,40,43);4H,1-3H3/t30-,31+,33+;/m0./s1. The Morgan fingerprint density at radius 3 is 2.06 bits per heavy atom. The van der Waals surface area contributed by atoms with Gasteiger partial charge in [-0.1, -0.05) is 83.1 Å². The number of nitrogens with one attached hydrogen (secondary N) is 3. The summed E-state index contributed by atoms with van der Waals surface area (Å²) >= 11 is 0. The maximum absolute atomic E-state index is 13.8. The van der Waals surface area contributed by atoms with Crippen molar-refractivity contribution in [1.82, 2.24) is 20.3 Å². The molecule has 0 aliphatic carbocycles. The number of anilines is 1. The van der Waals surface area contributed by atoms with E-state index in [1.807, 2.05) is 78.8 Å². The molecule has 0 spiro atoms. The molecule has 0 saturated heterocycles. The number of sulfonamides is 1. The molecule has 6 N–H and O–H groups in total. The van der Waals surface area contributed by atoms with Gasteiger partial charge in [0.1, 0.15) is 11.9 Å². The number of ether oxygens (including phenoxy) is 1. The van der Waals surface area contributed by atoms with Crippen LogP contribution < -0.4 is 21.7 Å². The smallest absolute Gasteiger partial charge is 0.302 e. The molecule has 0 aliphatic rings. The van der Waals surface area contributed by atoms with Gasteiger partial charge >= 0.3 is 5.97 Å². The molecule has 14 heteroatoms. The lowest BCUT2D eigenvalue weighted by atomic mass is 9.85. The van der Waals surface area contributed by atoms with E-state index in [1.165, 1.54) is 35.5 Å². The van der Waals surface area contributed by atoms with E-state index in [-0.39, 0.29) is 61.3 Å². The highest BCUT2D eigenvalue weighted by Gasteiger charge is 2.36. The van der Waals surface area contributed by atoms with Crippen molar-refractivity contribution >= 4 is 33.5 Å². The second kappa shape index (κ2) is 21.5. The van der Waals surface area contributed by atoms with Crippen molar-refractivity contribution in [3.05, 3.63) is 95.8 Å². The van der Waals surface area contributed by atoms with Crippen molar-refractivity contribution in [3.63, 3.8) is 0 Å². The molecule has 2 amide bonds. The SMILES string of the molecule is CC(=O)OC(C)C.CC(C)CN(C[C@@H](O)[C@H](Cc1ccccc1)NC(=O)[C@@H](NC(=O)CNCc1cccc(F)c1)C(C)(C)C)S(=O)(=O)c1cccc(N)c1. The van der Waals surface area contributed by atoms with Gasteiger partial charge in [0, 0.05) is 32.2 Å². The number of hydrogen-bond acceptors (Lipinski definition) is 9. The van der Waals surface area contributed by atoms with E-state index in [0.717, 1.165) is 5.56 Å². The van der Waals surface area contributed by atoms with Crippen LogP contribution >= 0.6 is 0 Å². The summed E-state index contributed by atoms with van der Waals surface area (Å²) < 4.78 is 46.8. The molecule has 0 aromatic heterocycles. The maximum atomic E-state index is 13.8. The summed E-state index contributed by atoms with van der Waals surface area (Å²) in [5, 5.41) is 20.3. The van der Waals surface area contributed by atoms with Crippen LogP contribution in [0.4, 0.5) is 10.1 Å². The molecule has 3 rings (SSSR count). The van der Waals surface area contributed by atoms with Crippen molar-refractivity contribution in [2.75, 3.05) is 25.4 Å². The monoisotopic (exact) mass is 771 g/mol. The molecule has 0 fully saturated rings. The number of aliphatic hydroxyl groups is 1. The first-order valence-electron chi connectivity index (χ1n) is 18.0. The van der Waals surface area contributed by atoms with Gasteiger partial charge in [0.25, 0.3) is 0 Å². The Labute approximate surface area is 320 Å². The topological polar surface area (TPSA) is 180 Å². The molecule has 12 nitrogen and oxygen atoms in total. The number of nitrogen functional groups attached to an aromatic ring is 1. The first-order valence-corrected chi connectivity index (χ1v) is 19.4. The van der Waals surface area contributed by atoms with Gasteiger partial charge in [0.15, 0.2) is 0 Å². The third kappa shape index (κ3) is 16.3. The lowest BCUT2D eigenvalue weighted by Crippen LogP contribution is -2.59. The highest BCUT2D eigenvalue weighted by atomic mass is 32.2. The fourth-order valence-corrected chi connectivity index (χ4v) is 7.12. The lowest BCUT2D eigenvalue weighted by Gasteiger charge is -2.34. The molecule has 298 valence electrons. The first kappa shape index (κ1) is 45.8. The molecule has 0 radical (unpaired) electrons. The molecule has 0 unspecified atom stereocenters. The molecular weight excluding hydrogens is 714 g/mol. The fraction of sp³-hybridized carbons (Fsp3) is 0.475. The number of carbonyl (C=O) groups is 3. The van der Waals surface area contributed by atoms with Crippen molar-refractivity contribution in [2.24, 2.45) is 11.3 Å². The summed E-state index contributed by atoms with van der Waals surface area (Å²) in [6.45, 7) is 14.2. The van der Waals surface area contributed by atoms with E-state index in [4.69, 9.17) is 5.73 Å². The maximum Gasteiger partial charge on any atom is 0.302 e. The molecule has 3 aromatic rings. The van der Waals surface area contributed by atoms with Gasteiger partial charge in [-0.15, -0.1) is 0 Å². The molecule has 3 aromatic carbocycles. The highest BCUT2D eigenvalue weighted by Crippen LogP contribution is 2.23. The summed E-state index contributed by atoms with van der Waals surface area (Å²) in [7, 11) is -4.04. The molecule has 3 atom stereocenters. The van der Waals surface area contributed by atoms with Crippen LogP contribution in [0.3, 0.4) is 0 Å². The number of nitrogens with zero attached hydrogens (tertiary/aromatic N) is 1. The quantitative estimate of drug-likeness (QED) is 0.0981. The molecule has 0 heterocycles. The van der Waals surface area contributed by atoms with Gasteiger partial charge in [0.2, 0.25) is 21.8 Å². The van der Waals surface area contributed by atoms with E-state index >= 15 is 0 Å². The highest BCUT2D eigenvalue weighted by molar-refractivity contribution is 7.89. The van der Waals surface area contributed by atoms with Gasteiger partial charge in [-0.05, 0) is 73.1 Å². The van der Waals surface area contributed by atoms with Crippen molar-refractivity contribution < 1.29 is 37.0 Å². The lowest BCUT2D eigenvalue weighted by molar-refractivity contribution is -0.144. The number of rotatable bonds is 17. The Morgan fingerprint density at radius 1 is 0.889 bits per heavy atom. The van der Waals surface area contributed by atoms with Crippen LogP contribution in [-0.4, -0.2) is 79.5 Å². The minimum absolute atomic E-state index is 0.00973. The number of esters is 1. The van der Waals surface area contributed by atoms with Crippen LogP contribution in [0.1, 0.15) is 66.5 Å². The van der Waals surface area contributed by atoms with Crippen LogP contribution in [-0.2, 0) is 42.1 Å². The third-order valence-corrected chi connectivity index (χ3v) is 9.71. The Bertz CT molecular complexity index is 1750. The molecular formula is C40H58FN5O7S. The van der Waals surface area contributed by atoms with Crippen LogP contribution in [0.25, 0.3) is 0 Å². The number of benzene rings is 3. The van der Waals surface area contributed by atoms with Crippen LogP contribution in [0.2, 0.25) is 0 Å². The minimum atomic E-state index is -4.04. The van der Waals surface area contributed by atoms with E-state index in [9.17, 15) is 32.3 Å². The fourth-order valence-electron chi connectivity index (χ4n) is 5.44. The van der Waals surface area contributed by atoms with Gasteiger partial charge in [0.05, 0.1) is 29.7 Å². The summed E-state index contributed by atoms with van der Waals surface area (Å²) in [6, 6.07) is 19.4.